The van der Waals surface area contributed by atoms with Crippen molar-refractivity contribution in [3.63, 3.8) is 0 Å². The van der Waals surface area contributed by atoms with Crippen LogP contribution in [0.1, 0.15) is 20.3 Å². The van der Waals surface area contributed by atoms with E-state index in [1.807, 2.05) is 18.6 Å². The minimum absolute atomic E-state index is 0.0902. The van der Waals surface area contributed by atoms with Crippen LogP contribution < -0.4 is 14.8 Å². The highest BCUT2D eigenvalue weighted by Gasteiger charge is 2.29. The van der Waals surface area contributed by atoms with Gasteiger partial charge in [-0.3, -0.25) is 0 Å². The van der Waals surface area contributed by atoms with Gasteiger partial charge in [-0.05, 0) is 13.0 Å². The van der Waals surface area contributed by atoms with Gasteiger partial charge in [0.1, 0.15) is 6.54 Å². The SMILES string of the molecule is CC(C)NCCCNS(=O)(=O)NCC(F)(F)F. The van der Waals surface area contributed by atoms with Gasteiger partial charge in [0.25, 0.3) is 10.2 Å². The standard InChI is InChI=1S/C8H18F3N3O2S/c1-7(2)12-4-3-5-13-17(15,16)14-6-8(9,10)11/h7,12-14H,3-6H2,1-2H3. The number of rotatable bonds is 8. The lowest BCUT2D eigenvalue weighted by Gasteiger charge is -2.11. The van der Waals surface area contributed by atoms with E-state index in [0.29, 0.717) is 13.0 Å². The van der Waals surface area contributed by atoms with Gasteiger partial charge in [-0.25, -0.2) is 4.72 Å². The molecule has 0 fully saturated rings. The molecule has 0 spiro atoms. The molecule has 0 aromatic carbocycles. The molecule has 104 valence electrons. The van der Waals surface area contributed by atoms with E-state index in [-0.39, 0.29) is 12.6 Å². The summed E-state index contributed by atoms with van der Waals surface area (Å²) in [7, 11) is -4.06. The van der Waals surface area contributed by atoms with Gasteiger partial charge in [0.15, 0.2) is 0 Å². The first kappa shape index (κ1) is 16.6. The Hall–Kier alpha value is -0.380. The van der Waals surface area contributed by atoms with Crippen LogP contribution in [0.15, 0.2) is 0 Å². The van der Waals surface area contributed by atoms with Crippen LogP contribution in [0.4, 0.5) is 13.2 Å². The molecule has 9 heteroatoms. The molecule has 0 unspecified atom stereocenters. The normalized spacial score (nSPS) is 13.3. The van der Waals surface area contributed by atoms with Crippen LogP contribution >= 0.6 is 0 Å². The van der Waals surface area contributed by atoms with Gasteiger partial charge in [-0.15, -0.1) is 0 Å². The molecule has 0 saturated carbocycles. The number of hydrogen-bond acceptors (Lipinski definition) is 3. The first-order chi connectivity index (χ1) is 7.62. The predicted molar refractivity (Wildman–Crippen MR) is 58.7 cm³/mol. The molecule has 0 aliphatic heterocycles. The van der Waals surface area contributed by atoms with Crippen molar-refractivity contribution in [1.82, 2.24) is 14.8 Å². The van der Waals surface area contributed by atoms with Crippen molar-refractivity contribution < 1.29 is 21.6 Å². The van der Waals surface area contributed by atoms with Crippen molar-refractivity contribution in [2.75, 3.05) is 19.6 Å². The van der Waals surface area contributed by atoms with Crippen LogP contribution in [0.2, 0.25) is 0 Å². The summed E-state index contributed by atoms with van der Waals surface area (Å²) in [6, 6.07) is 0.287. The third kappa shape index (κ3) is 11.9. The maximum atomic E-state index is 11.8. The Balaban J connectivity index is 3.72. The Morgan fingerprint density at radius 3 is 2.18 bits per heavy atom. The van der Waals surface area contributed by atoms with Crippen molar-refractivity contribution in [1.29, 1.82) is 0 Å². The molecule has 0 radical (unpaired) electrons. The molecular weight excluding hydrogens is 259 g/mol. The topological polar surface area (TPSA) is 70.2 Å². The number of alkyl halides is 3. The number of hydrogen-bond donors (Lipinski definition) is 3. The van der Waals surface area contributed by atoms with Crippen molar-refractivity contribution in [3.8, 4) is 0 Å². The first-order valence-electron chi connectivity index (χ1n) is 5.17. The van der Waals surface area contributed by atoms with Gasteiger partial charge < -0.3 is 5.32 Å². The van der Waals surface area contributed by atoms with Gasteiger partial charge in [0.2, 0.25) is 0 Å². The van der Waals surface area contributed by atoms with E-state index in [1.165, 1.54) is 4.72 Å². The Labute approximate surface area is 99.3 Å². The van der Waals surface area contributed by atoms with E-state index in [4.69, 9.17) is 0 Å². The molecular formula is C8H18F3N3O2S. The molecule has 0 bridgehead atoms. The summed E-state index contributed by atoms with van der Waals surface area (Å²) in [6.45, 7) is 3.00. The molecule has 0 saturated heterocycles. The highest BCUT2D eigenvalue weighted by molar-refractivity contribution is 7.87. The average molecular weight is 277 g/mol. The van der Waals surface area contributed by atoms with Gasteiger partial charge in [0, 0.05) is 12.6 Å². The molecule has 17 heavy (non-hydrogen) atoms. The minimum atomic E-state index is -4.55. The van der Waals surface area contributed by atoms with E-state index in [1.54, 1.807) is 0 Å². The fourth-order valence-electron chi connectivity index (χ4n) is 0.914. The largest absolute Gasteiger partial charge is 0.402 e. The highest BCUT2D eigenvalue weighted by Crippen LogP contribution is 2.12. The molecule has 0 rings (SSSR count). The maximum absolute atomic E-state index is 11.8. The fourth-order valence-corrected chi connectivity index (χ4v) is 1.78. The third-order valence-electron chi connectivity index (χ3n) is 1.66. The Morgan fingerprint density at radius 2 is 1.71 bits per heavy atom. The zero-order valence-corrected chi connectivity index (χ0v) is 10.6. The molecule has 0 aliphatic carbocycles. The van der Waals surface area contributed by atoms with Crippen molar-refractivity contribution in [2.45, 2.75) is 32.5 Å². The van der Waals surface area contributed by atoms with Crippen LogP contribution in [0.5, 0.6) is 0 Å². The molecule has 0 atom stereocenters. The van der Waals surface area contributed by atoms with Crippen molar-refractivity contribution in [3.05, 3.63) is 0 Å². The van der Waals surface area contributed by atoms with E-state index in [0.717, 1.165) is 0 Å². The lowest BCUT2D eigenvalue weighted by molar-refractivity contribution is -0.121. The van der Waals surface area contributed by atoms with Crippen LogP contribution in [-0.4, -0.2) is 40.3 Å². The van der Waals surface area contributed by atoms with Crippen LogP contribution in [0.3, 0.4) is 0 Å². The van der Waals surface area contributed by atoms with Gasteiger partial charge in [0.05, 0.1) is 0 Å². The summed E-state index contributed by atoms with van der Waals surface area (Å²) in [5, 5.41) is 3.05. The van der Waals surface area contributed by atoms with Crippen LogP contribution in [0.25, 0.3) is 0 Å². The summed E-state index contributed by atoms with van der Waals surface area (Å²) in [5.74, 6) is 0. The summed E-state index contributed by atoms with van der Waals surface area (Å²) in [4.78, 5) is 0. The number of nitrogens with one attached hydrogen (secondary N) is 3. The van der Waals surface area contributed by atoms with Crippen LogP contribution in [0, 0.1) is 0 Å². The fraction of sp³-hybridized carbons (Fsp3) is 1.00. The third-order valence-corrected chi connectivity index (χ3v) is 2.77. The van der Waals surface area contributed by atoms with E-state index >= 15 is 0 Å². The molecule has 0 heterocycles. The summed E-state index contributed by atoms with van der Waals surface area (Å²) in [6.07, 6.45) is -4.04. The molecule has 5 nitrogen and oxygen atoms in total. The van der Waals surface area contributed by atoms with Gasteiger partial charge in [-0.2, -0.15) is 26.3 Å². The lowest BCUT2D eigenvalue weighted by atomic mass is 10.3. The predicted octanol–water partition coefficient (Wildman–Crippen LogP) is 0.361. The molecule has 0 aromatic rings. The average Bonchev–Trinajstić information content (AvgIpc) is 2.13. The smallest absolute Gasteiger partial charge is 0.314 e. The second-order valence-corrected chi connectivity index (χ2v) is 5.38. The quantitative estimate of drug-likeness (QED) is 0.561. The number of halogens is 3. The zero-order chi connectivity index (χ0) is 13.5. The van der Waals surface area contributed by atoms with E-state index in [9.17, 15) is 21.6 Å². The van der Waals surface area contributed by atoms with E-state index < -0.39 is 22.9 Å². The highest BCUT2D eigenvalue weighted by atomic mass is 32.2. The molecule has 0 amide bonds. The summed E-state index contributed by atoms with van der Waals surface area (Å²) in [5.41, 5.74) is 0. The summed E-state index contributed by atoms with van der Waals surface area (Å²) >= 11 is 0. The Morgan fingerprint density at radius 1 is 1.12 bits per heavy atom. The van der Waals surface area contributed by atoms with Crippen molar-refractivity contribution >= 4 is 10.2 Å². The maximum Gasteiger partial charge on any atom is 0.402 e. The molecule has 3 N–H and O–H groups in total. The summed E-state index contributed by atoms with van der Waals surface area (Å²) < 4.78 is 60.8. The molecule has 0 aliphatic rings. The molecule has 0 aromatic heterocycles. The van der Waals surface area contributed by atoms with Crippen molar-refractivity contribution in [2.24, 2.45) is 0 Å². The first-order valence-corrected chi connectivity index (χ1v) is 6.65. The van der Waals surface area contributed by atoms with E-state index in [2.05, 4.69) is 5.32 Å². The Kier molecular flexibility index (Phi) is 6.98. The second-order valence-electron chi connectivity index (χ2n) is 3.80. The minimum Gasteiger partial charge on any atom is -0.314 e. The Bertz CT molecular complexity index is 304. The van der Waals surface area contributed by atoms with Gasteiger partial charge >= 0.3 is 6.18 Å². The lowest BCUT2D eigenvalue weighted by Crippen LogP contribution is -2.42. The second kappa shape index (κ2) is 7.14. The monoisotopic (exact) mass is 277 g/mol. The van der Waals surface area contributed by atoms with Gasteiger partial charge in [-0.1, -0.05) is 13.8 Å². The van der Waals surface area contributed by atoms with Crippen LogP contribution in [-0.2, 0) is 10.2 Å². The zero-order valence-electron chi connectivity index (χ0n) is 9.76.